The molecule has 2 rings (SSSR count). The summed E-state index contributed by atoms with van der Waals surface area (Å²) in [7, 11) is 0. The summed E-state index contributed by atoms with van der Waals surface area (Å²) < 4.78 is 5.87. The summed E-state index contributed by atoms with van der Waals surface area (Å²) in [6.07, 6.45) is 2.62. The van der Waals surface area contributed by atoms with Crippen LogP contribution in [-0.2, 0) is 5.41 Å². The van der Waals surface area contributed by atoms with Crippen molar-refractivity contribution in [3.8, 4) is 5.75 Å². The molecule has 16 heavy (non-hydrogen) atoms. The number of hydrogen-bond donors (Lipinski definition) is 0. The Bertz CT molecular complexity index is 369. The summed E-state index contributed by atoms with van der Waals surface area (Å²) in [4.78, 5) is 0. The third-order valence-corrected chi connectivity index (χ3v) is 3.39. The molecular weight excluding hydrogens is 196 g/mol. The van der Waals surface area contributed by atoms with Crippen LogP contribution < -0.4 is 4.74 Å². The topological polar surface area (TPSA) is 9.23 Å². The predicted molar refractivity (Wildman–Crippen MR) is 68.0 cm³/mol. The molecule has 0 atom stereocenters. The lowest BCUT2D eigenvalue weighted by Crippen LogP contribution is -2.12. The number of hydrogen-bond acceptors (Lipinski definition) is 1. The molecule has 0 radical (unpaired) electrons. The molecule has 0 unspecified atom stereocenters. The molecule has 1 aliphatic rings. The Morgan fingerprint density at radius 1 is 1.25 bits per heavy atom. The predicted octanol–water partition coefficient (Wildman–Crippen LogP) is 4.16. The minimum atomic E-state index is 0.197. The summed E-state index contributed by atoms with van der Waals surface area (Å²) in [6.45, 7) is 9.85. The van der Waals surface area contributed by atoms with Crippen LogP contribution in [0.4, 0.5) is 0 Å². The third kappa shape index (κ3) is 2.78. The van der Waals surface area contributed by atoms with Crippen LogP contribution in [0.5, 0.6) is 5.75 Å². The Hall–Kier alpha value is -0.980. The van der Waals surface area contributed by atoms with E-state index in [1.165, 1.54) is 18.4 Å². The van der Waals surface area contributed by atoms with E-state index in [0.29, 0.717) is 5.41 Å². The van der Waals surface area contributed by atoms with Crippen molar-refractivity contribution in [1.29, 1.82) is 0 Å². The smallest absolute Gasteiger partial charge is 0.119 e. The van der Waals surface area contributed by atoms with Gasteiger partial charge in [0.25, 0.3) is 0 Å². The normalized spacial score (nSPS) is 18.2. The van der Waals surface area contributed by atoms with Crippen LogP contribution in [0.3, 0.4) is 0 Å². The Balaban J connectivity index is 2.04. The van der Waals surface area contributed by atoms with Crippen LogP contribution >= 0.6 is 0 Å². The first-order valence-electron chi connectivity index (χ1n) is 6.12. The van der Waals surface area contributed by atoms with Crippen molar-refractivity contribution in [3.63, 3.8) is 0 Å². The van der Waals surface area contributed by atoms with Crippen molar-refractivity contribution in [2.75, 3.05) is 6.61 Å². The van der Waals surface area contributed by atoms with Crippen molar-refractivity contribution < 1.29 is 4.74 Å². The van der Waals surface area contributed by atoms with Gasteiger partial charge in [-0.2, -0.15) is 0 Å². The molecule has 1 aromatic rings. The second-order valence-electron chi connectivity index (χ2n) is 6.38. The SMILES string of the molecule is CC1(COc2cccc(C(C)(C)C)c2)CC1. The highest BCUT2D eigenvalue weighted by molar-refractivity contribution is 5.32. The number of ether oxygens (including phenoxy) is 1. The molecule has 1 heteroatoms. The standard InChI is InChI=1S/C15H22O/c1-14(2,3)12-6-5-7-13(10-12)16-11-15(4)8-9-15/h5-7,10H,8-9,11H2,1-4H3. The van der Waals surface area contributed by atoms with Crippen LogP contribution in [0.2, 0.25) is 0 Å². The second kappa shape index (κ2) is 3.80. The molecule has 0 amide bonds. The molecule has 1 saturated carbocycles. The minimum absolute atomic E-state index is 0.197. The van der Waals surface area contributed by atoms with Gasteiger partial charge in [0.15, 0.2) is 0 Å². The molecule has 1 aliphatic carbocycles. The summed E-state index contributed by atoms with van der Waals surface area (Å²) >= 11 is 0. The van der Waals surface area contributed by atoms with Crippen molar-refractivity contribution in [2.24, 2.45) is 5.41 Å². The molecular formula is C15H22O. The van der Waals surface area contributed by atoms with Crippen LogP contribution in [0, 0.1) is 5.41 Å². The van der Waals surface area contributed by atoms with Gasteiger partial charge in [-0.3, -0.25) is 0 Å². The summed E-state index contributed by atoms with van der Waals surface area (Å²) in [5.74, 6) is 1.01. The van der Waals surface area contributed by atoms with Gasteiger partial charge >= 0.3 is 0 Å². The van der Waals surface area contributed by atoms with Gasteiger partial charge in [0.2, 0.25) is 0 Å². The fourth-order valence-corrected chi connectivity index (χ4v) is 1.67. The molecule has 0 saturated heterocycles. The van der Waals surface area contributed by atoms with E-state index in [-0.39, 0.29) is 5.41 Å². The Labute approximate surface area is 98.8 Å². The Morgan fingerprint density at radius 2 is 1.94 bits per heavy atom. The van der Waals surface area contributed by atoms with E-state index in [1.54, 1.807) is 0 Å². The van der Waals surface area contributed by atoms with E-state index in [2.05, 4.69) is 52.0 Å². The zero-order valence-corrected chi connectivity index (χ0v) is 10.8. The first-order valence-corrected chi connectivity index (χ1v) is 6.12. The van der Waals surface area contributed by atoms with Gasteiger partial charge in [0.1, 0.15) is 5.75 Å². The van der Waals surface area contributed by atoms with E-state index in [1.807, 2.05) is 0 Å². The molecule has 0 bridgehead atoms. The maximum Gasteiger partial charge on any atom is 0.119 e. The monoisotopic (exact) mass is 218 g/mol. The van der Waals surface area contributed by atoms with E-state index in [4.69, 9.17) is 4.74 Å². The van der Waals surface area contributed by atoms with Gasteiger partial charge in [0.05, 0.1) is 6.61 Å². The van der Waals surface area contributed by atoms with Gasteiger partial charge in [-0.25, -0.2) is 0 Å². The molecule has 0 heterocycles. The van der Waals surface area contributed by atoms with Crippen molar-refractivity contribution in [3.05, 3.63) is 29.8 Å². The highest BCUT2D eigenvalue weighted by Gasteiger charge is 2.38. The average molecular weight is 218 g/mol. The highest BCUT2D eigenvalue weighted by Crippen LogP contribution is 2.45. The zero-order valence-electron chi connectivity index (χ0n) is 10.8. The van der Waals surface area contributed by atoms with E-state index in [9.17, 15) is 0 Å². The van der Waals surface area contributed by atoms with Crippen LogP contribution in [0.15, 0.2) is 24.3 Å². The van der Waals surface area contributed by atoms with Crippen molar-refractivity contribution >= 4 is 0 Å². The summed E-state index contributed by atoms with van der Waals surface area (Å²) in [5.41, 5.74) is 1.99. The lowest BCUT2D eigenvalue weighted by molar-refractivity contribution is 0.247. The third-order valence-electron chi connectivity index (χ3n) is 3.39. The van der Waals surface area contributed by atoms with Crippen molar-refractivity contribution in [2.45, 2.75) is 46.0 Å². The van der Waals surface area contributed by atoms with Crippen molar-refractivity contribution in [1.82, 2.24) is 0 Å². The molecule has 1 aromatic carbocycles. The van der Waals surface area contributed by atoms with Crippen LogP contribution in [0.1, 0.15) is 46.1 Å². The maximum atomic E-state index is 5.87. The van der Waals surface area contributed by atoms with Gasteiger partial charge in [-0.15, -0.1) is 0 Å². The molecule has 88 valence electrons. The molecule has 1 fully saturated rings. The lowest BCUT2D eigenvalue weighted by Gasteiger charge is -2.20. The molecule has 0 aromatic heterocycles. The summed E-state index contributed by atoms with van der Waals surface area (Å²) in [6, 6.07) is 8.49. The maximum absolute atomic E-state index is 5.87. The van der Waals surface area contributed by atoms with Gasteiger partial charge in [-0.1, -0.05) is 39.8 Å². The Morgan fingerprint density at radius 3 is 2.50 bits per heavy atom. The number of rotatable bonds is 3. The highest BCUT2D eigenvalue weighted by atomic mass is 16.5. The summed E-state index contributed by atoms with van der Waals surface area (Å²) in [5, 5.41) is 0. The molecule has 0 aliphatic heterocycles. The second-order valence-corrected chi connectivity index (χ2v) is 6.38. The van der Waals surface area contributed by atoms with Crippen LogP contribution in [0.25, 0.3) is 0 Å². The molecule has 1 nitrogen and oxygen atoms in total. The van der Waals surface area contributed by atoms with E-state index < -0.39 is 0 Å². The van der Waals surface area contributed by atoms with Gasteiger partial charge < -0.3 is 4.74 Å². The molecule has 0 spiro atoms. The van der Waals surface area contributed by atoms with E-state index in [0.717, 1.165) is 12.4 Å². The fourth-order valence-electron chi connectivity index (χ4n) is 1.67. The first kappa shape index (κ1) is 11.5. The van der Waals surface area contributed by atoms with E-state index >= 15 is 0 Å². The fraction of sp³-hybridized carbons (Fsp3) is 0.600. The Kier molecular flexibility index (Phi) is 2.73. The quantitative estimate of drug-likeness (QED) is 0.740. The zero-order chi connectivity index (χ0) is 11.8. The largest absolute Gasteiger partial charge is 0.493 e. The first-order chi connectivity index (χ1) is 7.39. The minimum Gasteiger partial charge on any atom is -0.493 e. The number of benzene rings is 1. The van der Waals surface area contributed by atoms with Gasteiger partial charge in [-0.05, 0) is 36.0 Å². The lowest BCUT2D eigenvalue weighted by atomic mass is 9.87. The average Bonchev–Trinajstić information content (AvgIpc) is 2.94. The van der Waals surface area contributed by atoms with Gasteiger partial charge in [0, 0.05) is 5.41 Å². The molecule has 0 N–H and O–H groups in total. The van der Waals surface area contributed by atoms with Crippen LogP contribution in [-0.4, -0.2) is 6.61 Å².